The highest BCUT2D eigenvalue weighted by Gasteiger charge is 2.15. The Hall–Kier alpha value is -3.75. The number of carbonyl (C=O) groups excluding carboxylic acids is 1. The van der Waals surface area contributed by atoms with E-state index in [9.17, 15) is 13.6 Å². The van der Waals surface area contributed by atoms with Crippen molar-refractivity contribution in [2.75, 3.05) is 23.8 Å². The van der Waals surface area contributed by atoms with Crippen molar-refractivity contribution in [1.29, 1.82) is 0 Å². The number of fused-ring (bicyclic) bond motifs is 1. The Balaban J connectivity index is 1.46. The van der Waals surface area contributed by atoms with Crippen LogP contribution >= 0.6 is 0 Å². The van der Waals surface area contributed by atoms with Crippen LogP contribution < -0.4 is 20.1 Å². The van der Waals surface area contributed by atoms with Gasteiger partial charge in [0.15, 0.2) is 11.5 Å². The lowest BCUT2D eigenvalue weighted by atomic mass is 10.2. The lowest BCUT2D eigenvalue weighted by Crippen LogP contribution is -2.15. The lowest BCUT2D eigenvalue weighted by Gasteiger charge is -2.19. The molecule has 28 heavy (non-hydrogen) atoms. The van der Waals surface area contributed by atoms with Crippen molar-refractivity contribution in [3.05, 3.63) is 66.0 Å². The molecule has 2 heterocycles. The second-order valence-electron chi connectivity index (χ2n) is 5.83. The van der Waals surface area contributed by atoms with E-state index in [1.165, 1.54) is 18.5 Å². The van der Waals surface area contributed by atoms with Crippen molar-refractivity contribution in [2.24, 2.45) is 0 Å². The van der Waals surface area contributed by atoms with Gasteiger partial charge in [-0.05, 0) is 24.3 Å². The van der Waals surface area contributed by atoms with Crippen LogP contribution in [-0.2, 0) is 0 Å². The first-order valence-electron chi connectivity index (χ1n) is 8.34. The maximum absolute atomic E-state index is 13.6. The van der Waals surface area contributed by atoms with Gasteiger partial charge >= 0.3 is 0 Å². The molecule has 1 amide bonds. The van der Waals surface area contributed by atoms with Gasteiger partial charge < -0.3 is 20.1 Å². The Morgan fingerprint density at radius 2 is 1.64 bits per heavy atom. The van der Waals surface area contributed by atoms with Crippen LogP contribution in [0.15, 0.2) is 48.8 Å². The van der Waals surface area contributed by atoms with Crippen LogP contribution in [0.3, 0.4) is 0 Å². The van der Waals surface area contributed by atoms with Gasteiger partial charge in [0.25, 0.3) is 5.91 Å². The molecule has 9 heteroatoms. The number of para-hydroxylation sites is 1. The highest BCUT2D eigenvalue weighted by molar-refractivity contribution is 6.04. The van der Waals surface area contributed by atoms with Crippen LogP contribution in [0.2, 0.25) is 0 Å². The molecule has 3 aromatic rings. The average Bonchev–Trinajstić information content (AvgIpc) is 2.71. The molecule has 142 valence electrons. The summed E-state index contributed by atoms with van der Waals surface area (Å²) >= 11 is 0. The van der Waals surface area contributed by atoms with Gasteiger partial charge in [-0.2, -0.15) is 0 Å². The van der Waals surface area contributed by atoms with Gasteiger partial charge in [-0.15, -0.1) is 0 Å². The third-order valence-corrected chi connectivity index (χ3v) is 3.91. The van der Waals surface area contributed by atoms with Crippen LogP contribution in [0.4, 0.5) is 26.1 Å². The number of ether oxygens (including phenoxy) is 2. The monoisotopic (exact) mass is 384 g/mol. The van der Waals surface area contributed by atoms with Crippen molar-refractivity contribution in [3.8, 4) is 11.5 Å². The van der Waals surface area contributed by atoms with Gasteiger partial charge in [-0.3, -0.25) is 4.79 Å². The van der Waals surface area contributed by atoms with E-state index >= 15 is 0 Å². The number of benzene rings is 2. The third kappa shape index (κ3) is 3.68. The molecule has 7 nitrogen and oxygen atoms in total. The summed E-state index contributed by atoms with van der Waals surface area (Å²) in [7, 11) is 0. The molecule has 2 aromatic carbocycles. The zero-order valence-corrected chi connectivity index (χ0v) is 14.4. The first kappa shape index (κ1) is 17.7. The summed E-state index contributed by atoms with van der Waals surface area (Å²) in [5.41, 5.74) is 0.205. The third-order valence-electron chi connectivity index (χ3n) is 3.91. The van der Waals surface area contributed by atoms with Crippen molar-refractivity contribution in [2.45, 2.75) is 0 Å². The second-order valence-corrected chi connectivity index (χ2v) is 5.83. The number of halogens is 2. The smallest absolute Gasteiger partial charge is 0.258 e. The Morgan fingerprint density at radius 3 is 2.36 bits per heavy atom. The zero-order chi connectivity index (χ0) is 19.5. The van der Waals surface area contributed by atoms with E-state index < -0.39 is 23.2 Å². The van der Waals surface area contributed by atoms with E-state index in [-0.39, 0.29) is 11.5 Å². The maximum Gasteiger partial charge on any atom is 0.258 e. The largest absolute Gasteiger partial charge is 0.486 e. The van der Waals surface area contributed by atoms with Crippen molar-refractivity contribution < 1.29 is 23.0 Å². The Kier molecular flexibility index (Phi) is 4.71. The summed E-state index contributed by atoms with van der Waals surface area (Å²) in [6, 6.07) is 8.60. The molecule has 2 N–H and O–H groups in total. The van der Waals surface area contributed by atoms with Gasteiger partial charge in [0, 0.05) is 24.1 Å². The fraction of sp³-hybridized carbons (Fsp3) is 0.105. The molecule has 0 saturated heterocycles. The van der Waals surface area contributed by atoms with Gasteiger partial charge in [-0.1, -0.05) is 6.07 Å². The number of hydrogen-bond acceptors (Lipinski definition) is 6. The highest BCUT2D eigenvalue weighted by Crippen LogP contribution is 2.33. The number of amides is 1. The molecule has 0 spiro atoms. The van der Waals surface area contributed by atoms with Gasteiger partial charge in [0.05, 0.1) is 5.56 Å². The average molecular weight is 384 g/mol. The molecule has 4 rings (SSSR count). The summed E-state index contributed by atoms with van der Waals surface area (Å²) < 4.78 is 38.2. The Labute approximate surface area is 158 Å². The number of anilines is 3. The minimum Gasteiger partial charge on any atom is -0.486 e. The van der Waals surface area contributed by atoms with E-state index in [1.54, 1.807) is 18.2 Å². The number of nitrogens with one attached hydrogen (secondary N) is 2. The summed E-state index contributed by atoms with van der Waals surface area (Å²) in [5.74, 6) is -0.957. The molecule has 0 atom stereocenters. The minimum absolute atomic E-state index is 0.0513. The quantitative estimate of drug-likeness (QED) is 0.716. The molecule has 1 aliphatic heterocycles. The van der Waals surface area contributed by atoms with E-state index in [0.29, 0.717) is 30.4 Å². The van der Waals surface area contributed by atoms with Crippen molar-refractivity contribution >= 4 is 23.2 Å². The van der Waals surface area contributed by atoms with Crippen LogP contribution in [0, 0.1) is 11.6 Å². The van der Waals surface area contributed by atoms with Crippen molar-refractivity contribution in [1.82, 2.24) is 9.97 Å². The number of nitrogens with zero attached hydrogens (tertiary/aromatic N) is 2. The van der Waals surface area contributed by atoms with Gasteiger partial charge in [-0.25, -0.2) is 18.7 Å². The van der Waals surface area contributed by atoms with E-state index in [2.05, 4.69) is 20.6 Å². The fourth-order valence-corrected chi connectivity index (χ4v) is 2.56. The molecule has 0 radical (unpaired) electrons. The summed E-state index contributed by atoms with van der Waals surface area (Å²) in [5, 5.41) is 5.16. The molecule has 0 saturated carbocycles. The number of aromatic nitrogens is 2. The van der Waals surface area contributed by atoms with Gasteiger partial charge in [0.2, 0.25) is 5.95 Å². The van der Waals surface area contributed by atoms with Crippen LogP contribution in [0.5, 0.6) is 11.5 Å². The molecule has 1 aliphatic rings. The highest BCUT2D eigenvalue weighted by atomic mass is 19.1. The topological polar surface area (TPSA) is 85.4 Å². The van der Waals surface area contributed by atoms with Crippen LogP contribution in [-0.4, -0.2) is 29.1 Å². The van der Waals surface area contributed by atoms with E-state index in [0.717, 1.165) is 12.1 Å². The summed E-state index contributed by atoms with van der Waals surface area (Å²) in [4.78, 5) is 20.3. The minimum atomic E-state index is -0.869. The molecule has 0 bridgehead atoms. The molecule has 0 aliphatic carbocycles. The normalized spacial score (nSPS) is 12.4. The van der Waals surface area contributed by atoms with E-state index in [4.69, 9.17) is 9.47 Å². The number of hydrogen-bond donors (Lipinski definition) is 2. The number of carbonyl (C=O) groups is 1. The predicted molar refractivity (Wildman–Crippen MR) is 97.1 cm³/mol. The van der Waals surface area contributed by atoms with Crippen LogP contribution in [0.25, 0.3) is 0 Å². The first-order chi connectivity index (χ1) is 13.6. The summed E-state index contributed by atoms with van der Waals surface area (Å²) in [6.45, 7) is 0.975. The second kappa shape index (κ2) is 7.47. The zero-order valence-electron chi connectivity index (χ0n) is 14.4. The Bertz CT molecular complexity index is 1010. The molecular weight excluding hydrogens is 370 g/mol. The maximum atomic E-state index is 13.6. The Morgan fingerprint density at radius 1 is 0.964 bits per heavy atom. The predicted octanol–water partition coefficient (Wildman–Crippen LogP) is 3.52. The van der Waals surface area contributed by atoms with Crippen molar-refractivity contribution in [3.63, 3.8) is 0 Å². The van der Waals surface area contributed by atoms with Gasteiger partial charge in [0.1, 0.15) is 30.5 Å². The van der Waals surface area contributed by atoms with E-state index in [1.807, 2.05) is 0 Å². The van der Waals surface area contributed by atoms with Crippen LogP contribution in [0.1, 0.15) is 10.4 Å². The SMILES string of the molecule is O=C(Nc1c(F)cccc1F)c1cnc(Nc2ccc3c(c2)OCCO3)nc1. The number of rotatable bonds is 4. The standard InChI is InChI=1S/C19H14F2N4O3/c20-13-2-1-3-14(21)17(13)25-18(26)11-9-22-19(23-10-11)24-12-4-5-15-16(8-12)28-7-6-27-15/h1-5,8-10H,6-7H2,(H,25,26)(H,22,23,24). The molecular formula is C19H14F2N4O3. The first-order valence-corrected chi connectivity index (χ1v) is 8.34. The molecule has 1 aromatic heterocycles. The fourth-order valence-electron chi connectivity index (χ4n) is 2.56. The summed E-state index contributed by atoms with van der Waals surface area (Å²) in [6.07, 6.45) is 2.50. The molecule has 0 unspecified atom stereocenters. The molecule has 0 fully saturated rings. The lowest BCUT2D eigenvalue weighted by molar-refractivity contribution is 0.102.